The SMILES string of the molecule is O=C(Cc1ccc(O)cc1)Nc1nc2c(nc1CC13CC4CC(CC(C4)C1)C3)-c1ccc(O)cc1CC2. The van der Waals surface area contributed by atoms with Gasteiger partial charge in [0, 0.05) is 5.56 Å². The van der Waals surface area contributed by atoms with E-state index in [0.717, 1.165) is 70.8 Å². The van der Waals surface area contributed by atoms with E-state index in [9.17, 15) is 15.0 Å². The van der Waals surface area contributed by atoms with Crippen molar-refractivity contribution in [3.63, 3.8) is 0 Å². The fraction of sp³-hybridized carbons (Fsp3) is 0.452. The number of amides is 1. The minimum atomic E-state index is -0.118. The molecule has 1 heterocycles. The third-order valence-corrected chi connectivity index (χ3v) is 9.28. The Kier molecular flexibility index (Phi) is 5.27. The summed E-state index contributed by atoms with van der Waals surface area (Å²) in [5, 5.41) is 22.7. The summed E-state index contributed by atoms with van der Waals surface area (Å²) in [4.78, 5) is 23.4. The molecule has 3 aromatic rings. The lowest BCUT2D eigenvalue weighted by Gasteiger charge is -2.57. The van der Waals surface area contributed by atoms with Crippen LogP contribution in [0.4, 0.5) is 5.82 Å². The molecule has 1 aromatic heterocycles. The third-order valence-electron chi connectivity index (χ3n) is 9.28. The number of hydrogen-bond donors (Lipinski definition) is 3. The molecule has 6 heteroatoms. The molecule has 0 aliphatic heterocycles. The van der Waals surface area contributed by atoms with Crippen molar-refractivity contribution in [2.75, 3.05) is 5.32 Å². The zero-order valence-corrected chi connectivity index (χ0v) is 21.0. The smallest absolute Gasteiger partial charge is 0.229 e. The van der Waals surface area contributed by atoms with Crippen LogP contribution in [-0.4, -0.2) is 26.1 Å². The van der Waals surface area contributed by atoms with E-state index in [1.807, 2.05) is 12.1 Å². The molecule has 4 fully saturated rings. The Hall–Kier alpha value is -3.41. The first-order valence-electron chi connectivity index (χ1n) is 13.7. The minimum Gasteiger partial charge on any atom is -0.508 e. The highest BCUT2D eigenvalue weighted by atomic mass is 16.3. The van der Waals surface area contributed by atoms with Gasteiger partial charge in [0.1, 0.15) is 11.5 Å². The molecule has 0 spiro atoms. The van der Waals surface area contributed by atoms with Gasteiger partial charge in [-0.1, -0.05) is 12.1 Å². The van der Waals surface area contributed by atoms with E-state index in [-0.39, 0.29) is 29.2 Å². The van der Waals surface area contributed by atoms with Gasteiger partial charge in [0.2, 0.25) is 5.91 Å². The Balaban J connectivity index is 1.24. The van der Waals surface area contributed by atoms with Gasteiger partial charge in [-0.15, -0.1) is 0 Å². The molecule has 0 unspecified atom stereocenters. The molecule has 8 rings (SSSR count). The summed E-state index contributed by atoms with van der Waals surface area (Å²) in [5.41, 5.74) is 5.97. The molecular formula is C31H33N3O3. The first kappa shape index (κ1) is 22.8. The van der Waals surface area contributed by atoms with Gasteiger partial charge in [0.25, 0.3) is 0 Å². The third kappa shape index (κ3) is 4.26. The zero-order valence-electron chi connectivity index (χ0n) is 21.0. The van der Waals surface area contributed by atoms with Gasteiger partial charge in [-0.2, -0.15) is 0 Å². The normalized spacial score (nSPS) is 27.0. The average molecular weight is 496 g/mol. The van der Waals surface area contributed by atoms with Gasteiger partial charge in [-0.05, 0) is 122 Å². The van der Waals surface area contributed by atoms with Crippen molar-refractivity contribution in [1.82, 2.24) is 9.97 Å². The van der Waals surface area contributed by atoms with E-state index in [4.69, 9.17) is 9.97 Å². The zero-order chi connectivity index (χ0) is 25.1. The second-order valence-electron chi connectivity index (χ2n) is 12.1. The lowest BCUT2D eigenvalue weighted by molar-refractivity contribution is -0.115. The van der Waals surface area contributed by atoms with Gasteiger partial charge >= 0.3 is 0 Å². The summed E-state index contributed by atoms with van der Waals surface area (Å²) in [6.07, 6.45) is 10.6. The molecule has 190 valence electrons. The summed E-state index contributed by atoms with van der Waals surface area (Å²) in [6.45, 7) is 0. The molecule has 6 nitrogen and oxygen atoms in total. The molecule has 0 atom stereocenters. The fourth-order valence-corrected chi connectivity index (χ4v) is 8.23. The number of nitrogens with one attached hydrogen (secondary N) is 1. The van der Waals surface area contributed by atoms with Crippen molar-refractivity contribution in [3.05, 3.63) is 65.0 Å². The Morgan fingerprint density at radius 2 is 1.57 bits per heavy atom. The Morgan fingerprint density at radius 3 is 2.27 bits per heavy atom. The summed E-state index contributed by atoms with van der Waals surface area (Å²) in [5.74, 6) is 3.49. The highest BCUT2D eigenvalue weighted by molar-refractivity contribution is 5.92. The van der Waals surface area contributed by atoms with Crippen LogP contribution in [0.1, 0.15) is 61.0 Å². The lowest BCUT2D eigenvalue weighted by Crippen LogP contribution is -2.47. The number of aromatic nitrogens is 2. The molecular weight excluding hydrogens is 462 g/mol. The van der Waals surface area contributed by atoms with Gasteiger partial charge in [-0.3, -0.25) is 4.79 Å². The number of fused-ring (bicyclic) bond motifs is 3. The summed E-state index contributed by atoms with van der Waals surface area (Å²) in [6, 6.07) is 12.3. The average Bonchev–Trinajstić information content (AvgIpc) is 2.84. The highest BCUT2D eigenvalue weighted by Crippen LogP contribution is 2.61. The predicted octanol–water partition coefficient (Wildman–Crippen LogP) is 5.59. The number of anilines is 1. The number of carbonyl (C=O) groups is 1. The Morgan fingerprint density at radius 1 is 0.892 bits per heavy atom. The molecule has 2 aromatic carbocycles. The van der Waals surface area contributed by atoms with Crippen LogP contribution < -0.4 is 5.32 Å². The first-order chi connectivity index (χ1) is 17.9. The van der Waals surface area contributed by atoms with Crippen LogP contribution in [0, 0.1) is 23.2 Å². The number of hydrogen-bond acceptors (Lipinski definition) is 5. The number of phenolic OH excluding ortho intramolecular Hbond substituents is 2. The number of nitrogens with zero attached hydrogens (tertiary/aromatic N) is 2. The number of rotatable bonds is 5. The Bertz CT molecular complexity index is 1350. The quantitative estimate of drug-likeness (QED) is 0.429. The molecule has 5 aliphatic carbocycles. The van der Waals surface area contributed by atoms with E-state index in [0.29, 0.717) is 5.82 Å². The molecule has 0 radical (unpaired) electrons. The molecule has 4 saturated carbocycles. The molecule has 3 N–H and O–H groups in total. The van der Waals surface area contributed by atoms with E-state index in [2.05, 4.69) is 5.32 Å². The maximum Gasteiger partial charge on any atom is 0.229 e. The highest BCUT2D eigenvalue weighted by Gasteiger charge is 2.51. The summed E-state index contributed by atoms with van der Waals surface area (Å²) in [7, 11) is 0. The topological polar surface area (TPSA) is 95.3 Å². The van der Waals surface area contributed by atoms with Gasteiger partial charge in [-0.25, -0.2) is 9.97 Å². The van der Waals surface area contributed by atoms with Gasteiger partial charge in [0.15, 0.2) is 5.82 Å². The van der Waals surface area contributed by atoms with Crippen LogP contribution >= 0.6 is 0 Å². The van der Waals surface area contributed by atoms with E-state index >= 15 is 0 Å². The van der Waals surface area contributed by atoms with E-state index in [1.54, 1.807) is 30.3 Å². The van der Waals surface area contributed by atoms with Gasteiger partial charge in [0.05, 0.1) is 23.5 Å². The number of aromatic hydroxyl groups is 2. The van der Waals surface area contributed by atoms with Gasteiger partial charge < -0.3 is 15.5 Å². The first-order valence-corrected chi connectivity index (χ1v) is 13.7. The van der Waals surface area contributed by atoms with Crippen molar-refractivity contribution in [3.8, 4) is 22.8 Å². The summed E-state index contributed by atoms with van der Waals surface area (Å²) >= 11 is 0. The van der Waals surface area contributed by atoms with Crippen LogP contribution in [0.5, 0.6) is 11.5 Å². The number of carbonyl (C=O) groups excluding carboxylic acids is 1. The molecule has 5 aliphatic rings. The van der Waals surface area contributed by atoms with Crippen molar-refractivity contribution in [2.45, 2.75) is 64.2 Å². The van der Waals surface area contributed by atoms with Crippen LogP contribution in [0.3, 0.4) is 0 Å². The van der Waals surface area contributed by atoms with Crippen molar-refractivity contribution >= 4 is 11.7 Å². The van der Waals surface area contributed by atoms with Crippen LogP contribution in [0.2, 0.25) is 0 Å². The number of benzene rings is 2. The standard InChI is InChI=1S/C31H33N3O3/c35-23-4-1-18(2-5-23)12-28(37)34-30-27(17-31-14-19-9-20(15-31)11-21(10-19)16-31)32-29-25-7-6-24(36)13-22(25)3-8-26(29)33-30/h1-2,4-7,13,19-21,35-36H,3,8-12,14-17H2,(H,33,34,37). The molecule has 4 bridgehead atoms. The Labute approximate surface area is 217 Å². The van der Waals surface area contributed by atoms with Crippen molar-refractivity contribution in [1.29, 1.82) is 0 Å². The maximum absolute atomic E-state index is 13.1. The van der Waals surface area contributed by atoms with Crippen LogP contribution in [0.15, 0.2) is 42.5 Å². The largest absolute Gasteiger partial charge is 0.508 e. The number of aryl methyl sites for hydroxylation is 2. The monoisotopic (exact) mass is 495 g/mol. The van der Waals surface area contributed by atoms with Crippen molar-refractivity contribution in [2.24, 2.45) is 23.2 Å². The second-order valence-corrected chi connectivity index (χ2v) is 12.1. The van der Waals surface area contributed by atoms with E-state index < -0.39 is 0 Å². The van der Waals surface area contributed by atoms with E-state index in [1.165, 1.54) is 38.5 Å². The molecule has 0 saturated heterocycles. The predicted molar refractivity (Wildman–Crippen MR) is 141 cm³/mol. The maximum atomic E-state index is 13.1. The molecule has 37 heavy (non-hydrogen) atoms. The minimum absolute atomic E-state index is 0.118. The van der Waals surface area contributed by atoms with Crippen LogP contribution in [0.25, 0.3) is 11.3 Å². The summed E-state index contributed by atoms with van der Waals surface area (Å²) < 4.78 is 0. The van der Waals surface area contributed by atoms with Crippen molar-refractivity contribution < 1.29 is 15.0 Å². The second kappa shape index (κ2) is 8.57. The van der Waals surface area contributed by atoms with Crippen LogP contribution in [-0.2, 0) is 30.5 Å². The lowest BCUT2D eigenvalue weighted by atomic mass is 9.48. The number of phenols is 2. The fourth-order valence-electron chi connectivity index (χ4n) is 8.23. The molecule has 1 amide bonds.